The van der Waals surface area contributed by atoms with E-state index in [1.807, 2.05) is 0 Å². The van der Waals surface area contributed by atoms with Crippen LogP contribution in [0.3, 0.4) is 0 Å². The zero-order chi connectivity index (χ0) is 6.08. The standard InChI is InChI=1S/C3H7.3CH3.Bi/c1-3-2;;;;/h3H,1-2H3;3*1H3;. The Morgan fingerprint density at radius 3 is 1.14 bits per heavy atom. The van der Waals surface area contributed by atoms with Crippen molar-refractivity contribution < 1.29 is 0 Å². The van der Waals surface area contributed by atoms with E-state index in [9.17, 15) is 0 Å². The van der Waals surface area contributed by atoms with Crippen LogP contribution in [-0.4, -0.2) is 20.3 Å². The molecule has 0 atom stereocenters. The van der Waals surface area contributed by atoms with Crippen LogP contribution in [0, 0.1) is 0 Å². The SMILES string of the molecule is C[CH](C)[Bi]([CH3])([CH3])[CH3]. The summed E-state index contributed by atoms with van der Waals surface area (Å²) in [6, 6.07) is 0. The third kappa shape index (κ3) is 3.46. The molecule has 0 N–H and O–H groups in total. The summed E-state index contributed by atoms with van der Waals surface area (Å²) in [7, 11) is 0. The van der Waals surface area contributed by atoms with Gasteiger partial charge >= 0.3 is 51.6 Å². The van der Waals surface area contributed by atoms with Crippen LogP contribution in [0.15, 0.2) is 0 Å². The van der Waals surface area contributed by atoms with Crippen molar-refractivity contribution in [2.75, 3.05) is 0 Å². The summed E-state index contributed by atoms with van der Waals surface area (Å²) in [5.74, 6) is 0. The first-order valence-electron chi connectivity index (χ1n) is 2.75. The molecule has 0 heterocycles. The Bertz CT molecular complexity index is 49.7. The third-order valence-corrected chi connectivity index (χ3v) is 13.6. The molecule has 0 nitrogen and oxygen atoms in total. The van der Waals surface area contributed by atoms with Gasteiger partial charge in [0.25, 0.3) is 0 Å². The molecular weight excluding hydrogens is 281 g/mol. The molecule has 45 valence electrons. The summed E-state index contributed by atoms with van der Waals surface area (Å²) in [5.41, 5.74) is 0. The molecule has 0 aliphatic heterocycles. The zero-order valence-electron chi connectivity index (χ0n) is 6.02. The molecule has 0 aromatic heterocycles. The van der Waals surface area contributed by atoms with Crippen LogP contribution < -0.4 is 0 Å². The minimum absolute atomic E-state index is 1.01. The molecule has 0 saturated carbocycles. The topological polar surface area (TPSA) is 0 Å². The van der Waals surface area contributed by atoms with E-state index in [1.54, 1.807) is 0 Å². The average Bonchev–Trinajstić information content (AvgIpc) is 1.31. The van der Waals surface area contributed by atoms with Gasteiger partial charge in [-0.25, -0.2) is 0 Å². The quantitative estimate of drug-likeness (QED) is 0.653. The van der Waals surface area contributed by atoms with E-state index < -0.39 is 20.3 Å². The van der Waals surface area contributed by atoms with Crippen LogP contribution in [-0.2, 0) is 0 Å². The number of hydrogen-bond donors (Lipinski definition) is 0. The van der Waals surface area contributed by atoms with Crippen molar-refractivity contribution in [3.63, 3.8) is 0 Å². The van der Waals surface area contributed by atoms with E-state index in [1.165, 1.54) is 0 Å². The Kier molecular flexibility index (Phi) is 2.75. The molecule has 0 fully saturated rings. The van der Waals surface area contributed by atoms with E-state index in [0.29, 0.717) is 0 Å². The summed E-state index contributed by atoms with van der Waals surface area (Å²) in [4.78, 5) is 0. The molecule has 7 heavy (non-hydrogen) atoms. The molecule has 0 aliphatic carbocycles. The second-order valence-electron chi connectivity index (χ2n) is 3.21. The van der Waals surface area contributed by atoms with Gasteiger partial charge in [0.15, 0.2) is 0 Å². The van der Waals surface area contributed by atoms with Crippen molar-refractivity contribution in [2.45, 2.75) is 31.4 Å². The third-order valence-electron chi connectivity index (χ3n) is 1.55. The Morgan fingerprint density at radius 1 is 1.00 bits per heavy atom. The molecular formula is C6H16Bi. The van der Waals surface area contributed by atoms with Gasteiger partial charge in [0.05, 0.1) is 0 Å². The Morgan fingerprint density at radius 2 is 1.14 bits per heavy atom. The van der Waals surface area contributed by atoms with Crippen molar-refractivity contribution in [3.05, 3.63) is 0 Å². The summed E-state index contributed by atoms with van der Waals surface area (Å²) in [6.07, 6.45) is 0. The first kappa shape index (κ1) is 7.88. The monoisotopic (exact) mass is 297 g/mol. The number of hydrogen-bond acceptors (Lipinski definition) is 0. The fourth-order valence-electron chi connectivity index (χ4n) is 0. The van der Waals surface area contributed by atoms with E-state index >= 15 is 0 Å². The molecule has 0 saturated heterocycles. The van der Waals surface area contributed by atoms with Crippen LogP contribution in [0.2, 0.25) is 17.5 Å². The van der Waals surface area contributed by atoms with Crippen molar-refractivity contribution in [1.29, 1.82) is 0 Å². The Hall–Kier alpha value is 0.883. The number of rotatable bonds is 1. The van der Waals surface area contributed by atoms with Crippen LogP contribution >= 0.6 is 0 Å². The second-order valence-corrected chi connectivity index (χ2v) is 23.7. The normalized spacial score (nSPS) is 12.9. The summed E-state index contributed by atoms with van der Waals surface area (Å²) < 4.78 is 8.44. The molecule has 0 aromatic carbocycles. The molecule has 0 rings (SSSR count). The first-order chi connectivity index (χ1) is 2.94. The predicted octanol–water partition coefficient (Wildman–Crippen LogP) is 2.73. The van der Waals surface area contributed by atoms with Crippen molar-refractivity contribution in [2.24, 2.45) is 0 Å². The molecule has 0 bridgehead atoms. The van der Waals surface area contributed by atoms with Crippen molar-refractivity contribution in [1.82, 2.24) is 0 Å². The van der Waals surface area contributed by atoms with Gasteiger partial charge in [-0.15, -0.1) is 0 Å². The summed E-state index contributed by atoms with van der Waals surface area (Å²) >= 11 is -1.41. The fourth-order valence-corrected chi connectivity index (χ4v) is 0. The van der Waals surface area contributed by atoms with E-state index in [0.717, 1.165) is 3.63 Å². The van der Waals surface area contributed by atoms with Gasteiger partial charge in [-0.2, -0.15) is 0 Å². The molecule has 0 amide bonds. The molecule has 0 aliphatic rings. The van der Waals surface area contributed by atoms with Crippen molar-refractivity contribution >= 4 is 20.3 Å². The molecule has 0 spiro atoms. The second kappa shape index (κ2) is 2.44. The maximum absolute atomic E-state index is 2.48. The van der Waals surface area contributed by atoms with Crippen molar-refractivity contribution in [3.8, 4) is 0 Å². The van der Waals surface area contributed by atoms with Crippen LogP contribution in [0.4, 0.5) is 0 Å². The average molecular weight is 297 g/mol. The minimum atomic E-state index is -1.41. The molecule has 1 radical (unpaired) electrons. The van der Waals surface area contributed by atoms with Crippen LogP contribution in [0.1, 0.15) is 13.8 Å². The first-order valence-corrected chi connectivity index (χ1v) is 15.2. The predicted molar refractivity (Wildman–Crippen MR) is 38.4 cm³/mol. The summed E-state index contributed by atoms with van der Waals surface area (Å²) in [5, 5.41) is 0. The van der Waals surface area contributed by atoms with Crippen LogP contribution in [0.5, 0.6) is 0 Å². The fraction of sp³-hybridized carbons (Fsp3) is 1.00. The van der Waals surface area contributed by atoms with E-state index in [-0.39, 0.29) is 0 Å². The molecule has 1 heteroatoms. The maximum atomic E-state index is 2.48. The molecule has 0 unspecified atom stereocenters. The van der Waals surface area contributed by atoms with E-state index in [4.69, 9.17) is 0 Å². The van der Waals surface area contributed by atoms with E-state index in [2.05, 4.69) is 27.7 Å². The van der Waals surface area contributed by atoms with Gasteiger partial charge in [-0.1, -0.05) is 0 Å². The van der Waals surface area contributed by atoms with Gasteiger partial charge < -0.3 is 0 Å². The van der Waals surface area contributed by atoms with Gasteiger partial charge in [-0.3, -0.25) is 0 Å². The van der Waals surface area contributed by atoms with Gasteiger partial charge in [0, 0.05) is 0 Å². The Labute approximate surface area is 51.7 Å². The van der Waals surface area contributed by atoms with Gasteiger partial charge in [0.1, 0.15) is 0 Å². The summed E-state index contributed by atoms with van der Waals surface area (Å²) in [6.45, 7) is 4.69. The molecule has 0 aromatic rings. The Balaban J connectivity index is 3.54. The van der Waals surface area contributed by atoms with Crippen LogP contribution in [0.25, 0.3) is 0 Å². The zero-order valence-corrected chi connectivity index (χ0v) is 9.50. The van der Waals surface area contributed by atoms with Gasteiger partial charge in [-0.05, 0) is 0 Å². The van der Waals surface area contributed by atoms with Gasteiger partial charge in [0.2, 0.25) is 0 Å².